The molecule has 7 nitrogen and oxygen atoms in total. The summed E-state index contributed by atoms with van der Waals surface area (Å²) >= 11 is 0. The topological polar surface area (TPSA) is 81.2 Å². The Morgan fingerprint density at radius 2 is 1.86 bits per heavy atom. The van der Waals surface area contributed by atoms with Crippen molar-refractivity contribution in [1.29, 1.82) is 0 Å². The Morgan fingerprint density at radius 1 is 1.24 bits per heavy atom. The SMILES string of the molecule is CCN(CC)C(=O)CN(C)C(=O)N1CCCC1CC(=O)O. The smallest absolute Gasteiger partial charge is 0.320 e. The summed E-state index contributed by atoms with van der Waals surface area (Å²) in [5, 5.41) is 8.88. The van der Waals surface area contributed by atoms with Crippen molar-refractivity contribution in [1.82, 2.24) is 14.7 Å². The van der Waals surface area contributed by atoms with E-state index in [9.17, 15) is 14.4 Å². The normalized spacial score (nSPS) is 17.7. The zero-order valence-corrected chi connectivity index (χ0v) is 13.0. The molecule has 0 saturated carbocycles. The molecule has 21 heavy (non-hydrogen) atoms. The molecule has 7 heteroatoms. The van der Waals surface area contributed by atoms with E-state index in [4.69, 9.17) is 5.11 Å². The second-order valence-corrected chi connectivity index (χ2v) is 5.29. The van der Waals surface area contributed by atoms with Crippen LogP contribution in [-0.4, -0.2) is 77.0 Å². The molecular formula is C14H25N3O4. The highest BCUT2D eigenvalue weighted by molar-refractivity contribution is 5.84. The first-order valence-electron chi connectivity index (χ1n) is 7.41. The Bertz CT molecular complexity index is 396. The summed E-state index contributed by atoms with van der Waals surface area (Å²) in [6.45, 7) is 5.60. The first kappa shape index (κ1) is 17.3. The number of nitrogens with zero attached hydrogens (tertiary/aromatic N) is 3. The molecule has 0 aromatic rings. The van der Waals surface area contributed by atoms with Gasteiger partial charge in [0.05, 0.1) is 6.42 Å². The standard InChI is InChI=1S/C14H25N3O4/c1-4-16(5-2)12(18)10-15(3)14(21)17-8-6-7-11(17)9-13(19)20/h11H,4-10H2,1-3H3,(H,19,20). The molecule has 1 heterocycles. The van der Waals surface area contributed by atoms with Gasteiger partial charge in [-0.3, -0.25) is 9.59 Å². The van der Waals surface area contributed by atoms with Crippen molar-refractivity contribution in [3.63, 3.8) is 0 Å². The van der Waals surface area contributed by atoms with E-state index in [2.05, 4.69) is 0 Å². The quantitative estimate of drug-likeness (QED) is 0.788. The third-order valence-corrected chi connectivity index (χ3v) is 3.85. The summed E-state index contributed by atoms with van der Waals surface area (Å²) in [6.07, 6.45) is 1.47. The number of likely N-dealkylation sites (tertiary alicyclic amines) is 1. The number of hydrogen-bond donors (Lipinski definition) is 1. The number of carbonyl (C=O) groups excluding carboxylic acids is 2. The maximum Gasteiger partial charge on any atom is 0.320 e. The Kier molecular flexibility index (Phi) is 6.45. The van der Waals surface area contributed by atoms with Gasteiger partial charge < -0.3 is 19.8 Å². The minimum absolute atomic E-state index is 0.0246. The van der Waals surface area contributed by atoms with Gasteiger partial charge in [0.1, 0.15) is 6.54 Å². The lowest BCUT2D eigenvalue weighted by atomic mass is 10.1. The van der Waals surface area contributed by atoms with Crippen molar-refractivity contribution < 1.29 is 19.5 Å². The summed E-state index contributed by atoms with van der Waals surface area (Å²) < 4.78 is 0. The molecule has 0 radical (unpaired) electrons. The van der Waals surface area contributed by atoms with E-state index in [1.807, 2.05) is 13.8 Å². The minimum atomic E-state index is -0.901. The number of carboxylic acids is 1. The van der Waals surface area contributed by atoms with Gasteiger partial charge in [-0.2, -0.15) is 0 Å². The molecule has 0 bridgehead atoms. The van der Waals surface area contributed by atoms with Crippen LogP contribution in [0, 0.1) is 0 Å². The molecule has 1 saturated heterocycles. The minimum Gasteiger partial charge on any atom is -0.481 e. The lowest BCUT2D eigenvalue weighted by Gasteiger charge is -2.30. The average Bonchev–Trinajstić information content (AvgIpc) is 2.86. The highest BCUT2D eigenvalue weighted by Gasteiger charge is 2.32. The molecule has 0 aliphatic carbocycles. The largest absolute Gasteiger partial charge is 0.481 e. The van der Waals surface area contributed by atoms with Gasteiger partial charge in [0.2, 0.25) is 5.91 Å². The molecule has 1 N–H and O–H groups in total. The van der Waals surface area contributed by atoms with Crippen LogP contribution in [0.5, 0.6) is 0 Å². The van der Waals surface area contributed by atoms with Crippen LogP contribution in [0.15, 0.2) is 0 Å². The van der Waals surface area contributed by atoms with Crippen molar-refractivity contribution in [2.45, 2.75) is 39.2 Å². The lowest BCUT2D eigenvalue weighted by molar-refractivity contribution is -0.138. The van der Waals surface area contributed by atoms with Crippen LogP contribution in [0.4, 0.5) is 4.79 Å². The van der Waals surface area contributed by atoms with Crippen molar-refractivity contribution in [3.05, 3.63) is 0 Å². The molecular weight excluding hydrogens is 274 g/mol. The van der Waals surface area contributed by atoms with Gasteiger partial charge in [-0.05, 0) is 26.7 Å². The van der Waals surface area contributed by atoms with Gasteiger partial charge in [0, 0.05) is 32.7 Å². The monoisotopic (exact) mass is 299 g/mol. The van der Waals surface area contributed by atoms with Crippen LogP contribution in [0.25, 0.3) is 0 Å². The predicted molar refractivity (Wildman–Crippen MR) is 77.9 cm³/mol. The van der Waals surface area contributed by atoms with Crippen LogP contribution >= 0.6 is 0 Å². The van der Waals surface area contributed by atoms with E-state index in [-0.39, 0.29) is 30.9 Å². The Labute approximate surface area is 125 Å². The fraction of sp³-hybridized carbons (Fsp3) is 0.786. The zero-order valence-electron chi connectivity index (χ0n) is 13.0. The predicted octanol–water partition coefficient (Wildman–Crippen LogP) is 0.846. The Balaban J connectivity index is 2.61. The number of likely N-dealkylation sites (N-methyl/N-ethyl adjacent to an activating group) is 2. The van der Waals surface area contributed by atoms with Gasteiger partial charge in [-0.15, -0.1) is 0 Å². The van der Waals surface area contributed by atoms with Crippen molar-refractivity contribution in [3.8, 4) is 0 Å². The number of urea groups is 1. The molecule has 1 unspecified atom stereocenters. The van der Waals surface area contributed by atoms with Crippen molar-refractivity contribution >= 4 is 17.9 Å². The first-order valence-corrected chi connectivity index (χ1v) is 7.41. The second-order valence-electron chi connectivity index (χ2n) is 5.29. The molecule has 1 fully saturated rings. The number of carboxylic acid groups (broad SMARTS) is 1. The molecule has 120 valence electrons. The van der Waals surface area contributed by atoms with Crippen LogP contribution in [0.2, 0.25) is 0 Å². The molecule has 1 rings (SSSR count). The van der Waals surface area contributed by atoms with E-state index in [1.165, 1.54) is 4.90 Å². The summed E-state index contributed by atoms with van der Waals surface area (Å²) in [7, 11) is 1.58. The third kappa shape index (κ3) is 4.61. The Hall–Kier alpha value is -1.79. The highest BCUT2D eigenvalue weighted by atomic mass is 16.4. The zero-order chi connectivity index (χ0) is 16.0. The van der Waals surface area contributed by atoms with Crippen molar-refractivity contribution in [2.24, 2.45) is 0 Å². The maximum absolute atomic E-state index is 12.4. The number of aliphatic carboxylic acids is 1. The van der Waals surface area contributed by atoms with E-state index < -0.39 is 5.97 Å². The van der Waals surface area contributed by atoms with Gasteiger partial charge in [-0.25, -0.2) is 4.79 Å². The van der Waals surface area contributed by atoms with Gasteiger partial charge in [-0.1, -0.05) is 0 Å². The molecule has 1 atom stereocenters. The maximum atomic E-state index is 12.4. The highest BCUT2D eigenvalue weighted by Crippen LogP contribution is 2.21. The number of rotatable bonds is 6. The van der Waals surface area contributed by atoms with Crippen LogP contribution in [0.1, 0.15) is 33.1 Å². The lowest BCUT2D eigenvalue weighted by Crippen LogP contribution is -2.48. The van der Waals surface area contributed by atoms with E-state index >= 15 is 0 Å². The number of carbonyl (C=O) groups is 3. The fourth-order valence-corrected chi connectivity index (χ4v) is 2.67. The van der Waals surface area contributed by atoms with Gasteiger partial charge >= 0.3 is 12.0 Å². The van der Waals surface area contributed by atoms with Crippen LogP contribution in [0.3, 0.4) is 0 Å². The molecule has 0 aromatic carbocycles. The van der Waals surface area contributed by atoms with Crippen LogP contribution < -0.4 is 0 Å². The summed E-state index contributed by atoms with van der Waals surface area (Å²) in [6, 6.07) is -0.528. The third-order valence-electron chi connectivity index (χ3n) is 3.85. The van der Waals surface area contributed by atoms with Crippen molar-refractivity contribution in [2.75, 3.05) is 33.2 Å². The van der Waals surface area contributed by atoms with Gasteiger partial charge in [0.25, 0.3) is 0 Å². The Morgan fingerprint density at radius 3 is 2.38 bits per heavy atom. The molecule has 1 aliphatic heterocycles. The average molecular weight is 299 g/mol. The number of amides is 3. The van der Waals surface area contributed by atoms with Crippen LogP contribution in [-0.2, 0) is 9.59 Å². The summed E-state index contributed by atoms with van der Waals surface area (Å²) in [4.78, 5) is 39.8. The summed E-state index contributed by atoms with van der Waals surface area (Å²) in [5.41, 5.74) is 0. The first-order chi connectivity index (χ1) is 9.90. The molecule has 3 amide bonds. The number of hydrogen-bond acceptors (Lipinski definition) is 3. The molecule has 1 aliphatic rings. The van der Waals surface area contributed by atoms with E-state index in [0.717, 1.165) is 6.42 Å². The second kappa shape index (κ2) is 7.85. The molecule has 0 spiro atoms. The molecule has 0 aromatic heterocycles. The fourth-order valence-electron chi connectivity index (χ4n) is 2.67. The summed E-state index contributed by atoms with van der Waals surface area (Å²) in [5.74, 6) is -0.994. The van der Waals surface area contributed by atoms with E-state index in [0.29, 0.717) is 26.1 Å². The van der Waals surface area contributed by atoms with E-state index in [1.54, 1.807) is 16.8 Å². The van der Waals surface area contributed by atoms with Gasteiger partial charge in [0.15, 0.2) is 0 Å².